The van der Waals surface area contributed by atoms with E-state index in [0.29, 0.717) is 17.5 Å². The van der Waals surface area contributed by atoms with Gasteiger partial charge in [-0.05, 0) is 23.9 Å². The number of aliphatic hydroxyl groups excluding tert-OH is 1. The second-order valence-electron chi connectivity index (χ2n) is 1.94. The summed E-state index contributed by atoms with van der Waals surface area (Å²) in [5.74, 6) is 2.07. The number of hydrogen-bond acceptors (Lipinski definition) is 1. The van der Waals surface area contributed by atoms with Crippen LogP contribution in [0, 0.1) is 0 Å². The van der Waals surface area contributed by atoms with E-state index in [1.54, 1.807) is 0 Å². The lowest BCUT2D eigenvalue weighted by Crippen LogP contribution is -3.00. The average Bonchev–Trinajstić information content (AvgIpc) is 1.85. The van der Waals surface area contributed by atoms with Crippen LogP contribution in [0.25, 0.3) is 0 Å². The topological polar surface area (TPSA) is 20.2 Å². The highest BCUT2D eigenvalue weighted by Gasteiger charge is 2.04. The predicted octanol–water partition coefficient (Wildman–Crippen LogP) is -2.19. The Morgan fingerprint density at radius 2 is 2.10 bits per heavy atom. The molecule has 1 atom stereocenters. The van der Waals surface area contributed by atoms with E-state index in [9.17, 15) is 0 Å². The Morgan fingerprint density at radius 1 is 1.50 bits per heavy atom. The maximum Gasteiger partial charge on any atom is 0.131 e. The van der Waals surface area contributed by atoms with Crippen molar-refractivity contribution in [2.45, 2.75) is 6.92 Å². The molecule has 0 aromatic heterocycles. The van der Waals surface area contributed by atoms with Gasteiger partial charge in [-0.25, -0.2) is 0 Å². The standard InChI is InChI=1S/C7H15OS.BrH/c1-3-4-6-9(2)7-5-8;/h3-4,8H,5-7H2,1-2H3;1H/q+1;/p-1. The summed E-state index contributed by atoms with van der Waals surface area (Å²) in [4.78, 5) is 0. The zero-order valence-corrected chi connectivity index (χ0v) is 8.91. The number of allylic oxidation sites excluding steroid dienone is 1. The van der Waals surface area contributed by atoms with E-state index >= 15 is 0 Å². The minimum absolute atomic E-state index is 0. The molecule has 0 saturated carbocycles. The summed E-state index contributed by atoms with van der Waals surface area (Å²) in [6.45, 7) is 2.35. The summed E-state index contributed by atoms with van der Waals surface area (Å²) < 4.78 is 0. The first-order valence-electron chi connectivity index (χ1n) is 3.12. The van der Waals surface area contributed by atoms with Crippen molar-refractivity contribution >= 4 is 10.9 Å². The molecule has 0 bridgehead atoms. The van der Waals surface area contributed by atoms with Gasteiger partial charge in [0.2, 0.25) is 0 Å². The van der Waals surface area contributed by atoms with Crippen LogP contribution >= 0.6 is 0 Å². The van der Waals surface area contributed by atoms with E-state index in [0.717, 1.165) is 11.5 Å². The van der Waals surface area contributed by atoms with Gasteiger partial charge in [0.15, 0.2) is 0 Å². The summed E-state index contributed by atoms with van der Waals surface area (Å²) in [6, 6.07) is 0. The minimum atomic E-state index is 0. The Morgan fingerprint density at radius 3 is 2.50 bits per heavy atom. The molecule has 0 aromatic rings. The van der Waals surface area contributed by atoms with Crippen molar-refractivity contribution in [3.05, 3.63) is 12.2 Å². The fourth-order valence-electron chi connectivity index (χ4n) is 0.500. The van der Waals surface area contributed by atoms with E-state index in [1.807, 2.05) is 6.92 Å². The Hall–Kier alpha value is 0.530. The Balaban J connectivity index is 0. The van der Waals surface area contributed by atoms with Crippen molar-refractivity contribution < 1.29 is 22.1 Å². The van der Waals surface area contributed by atoms with Gasteiger partial charge in [-0.3, -0.25) is 0 Å². The first-order valence-corrected chi connectivity index (χ1v) is 5.09. The van der Waals surface area contributed by atoms with Crippen molar-refractivity contribution in [3.8, 4) is 0 Å². The zero-order valence-electron chi connectivity index (χ0n) is 6.51. The molecule has 0 aliphatic carbocycles. The van der Waals surface area contributed by atoms with Crippen LogP contribution in [0.5, 0.6) is 0 Å². The normalized spacial score (nSPS) is 13.1. The van der Waals surface area contributed by atoms with Crippen molar-refractivity contribution in [1.29, 1.82) is 0 Å². The number of rotatable bonds is 4. The van der Waals surface area contributed by atoms with E-state index < -0.39 is 0 Å². The molecule has 3 heteroatoms. The highest BCUT2D eigenvalue weighted by atomic mass is 79.9. The SMILES string of the molecule is CC=CC[S+](C)CCO.[Br-]. The van der Waals surface area contributed by atoms with E-state index in [2.05, 4.69) is 18.4 Å². The van der Waals surface area contributed by atoms with Gasteiger partial charge < -0.3 is 22.1 Å². The van der Waals surface area contributed by atoms with Gasteiger partial charge in [0, 0.05) is 0 Å². The number of hydrogen-bond donors (Lipinski definition) is 1. The van der Waals surface area contributed by atoms with Crippen molar-refractivity contribution in [2.75, 3.05) is 24.4 Å². The molecule has 0 amide bonds. The molecule has 10 heavy (non-hydrogen) atoms. The van der Waals surface area contributed by atoms with E-state index in [-0.39, 0.29) is 17.0 Å². The third-order valence-electron chi connectivity index (χ3n) is 1.06. The fraction of sp³-hybridized carbons (Fsp3) is 0.714. The molecular weight excluding hydrogens is 212 g/mol. The third kappa shape index (κ3) is 8.53. The maximum atomic E-state index is 8.52. The van der Waals surface area contributed by atoms with Crippen molar-refractivity contribution in [2.24, 2.45) is 0 Å². The van der Waals surface area contributed by atoms with Gasteiger partial charge in [0.05, 0.1) is 12.9 Å². The quantitative estimate of drug-likeness (QED) is 0.427. The molecule has 0 aromatic carbocycles. The van der Waals surface area contributed by atoms with Crippen molar-refractivity contribution in [3.63, 3.8) is 0 Å². The molecule has 0 heterocycles. The largest absolute Gasteiger partial charge is 1.00 e. The molecule has 0 fully saturated rings. The summed E-state index contributed by atoms with van der Waals surface area (Å²) in [7, 11) is 0.393. The molecule has 0 saturated heterocycles. The molecule has 1 nitrogen and oxygen atoms in total. The fourth-order valence-corrected chi connectivity index (χ4v) is 1.50. The second kappa shape index (κ2) is 9.53. The first kappa shape index (κ1) is 13.1. The molecule has 0 rings (SSSR count). The minimum Gasteiger partial charge on any atom is -1.00 e. The van der Waals surface area contributed by atoms with Crippen molar-refractivity contribution in [1.82, 2.24) is 0 Å². The van der Waals surface area contributed by atoms with Crippen LogP contribution in [0.3, 0.4) is 0 Å². The lowest BCUT2D eigenvalue weighted by atomic mass is 10.6. The van der Waals surface area contributed by atoms with Crippen LogP contribution in [0.15, 0.2) is 12.2 Å². The third-order valence-corrected chi connectivity index (χ3v) is 2.70. The molecule has 0 aliphatic rings. The molecule has 1 N–H and O–H groups in total. The molecule has 62 valence electrons. The van der Waals surface area contributed by atoms with Gasteiger partial charge in [0.1, 0.15) is 11.5 Å². The van der Waals surface area contributed by atoms with E-state index in [1.165, 1.54) is 0 Å². The Labute approximate surface area is 76.6 Å². The predicted molar refractivity (Wildman–Crippen MR) is 44.9 cm³/mol. The number of aliphatic hydroxyl groups is 1. The molecule has 0 aliphatic heterocycles. The summed E-state index contributed by atoms with van der Waals surface area (Å²) in [5, 5.41) is 8.52. The smallest absolute Gasteiger partial charge is 0.131 e. The van der Waals surface area contributed by atoms with Crippen LogP contribution in [0.1, 0.15) is 6.92 Å². The maximum absolute atomic E-state index is 8.52. The number of halogens is 1. The lowest BCUT2D eigenvalue weighted by Gasteiger charge is -1.94. The van der Waals surface area contributed by atoms with Crippen LogP contribution in [0.4, 0.5) is 0 Å². The highest BCUT2D eigenvalue weighted by Crippen LogP contribution is 1.90. The zero-order chi connectivity index (χ0) is 7.11. The molecule has 0 radical (unpaired) electrons. The molecular formula is C7H15BrOS. The van der Waals surface area contributed by atoms with Crippen LogP contribution < -0.4 is 17.0 Å². The van der Waals surface area contributed by atoms with Crippen LogP contribution in [0.2, 0.25) is 0 Å². The van der Waals surface area contributed by atoms with Crippen LogP contribution in [-0.4, -0.2) is 29.5 Å². The lowest BCUT2D eigenvalue weighted by molar-refractivity contribution is -0.00000318. The molecule has 0 spiro atoms. The van der Waals surface area contributed by atoms with Gasteiger partial charge >= 0.3 is 0 Å². The van der Waals surface area contributed by atoms with Gasteiger partial charge in [-0.1, -0.05) is 6.08 Å². The van der Waals surface area contributed by atoms with Crippen LogP contribution in [-0.2, 0) is 10.9 Å². The summed E-state index contributed by atoms with van der Waals surface area (Å²) in [6.07, 6.45) is 6.38. The Bertz CT molecular complexity index is 85.7. The second-order valence-corrected chi connectivity index (χ2v) is 4.25. The Kier molecular flexibility index (Phi) is 12.5. The highest BCUT2D eigenvalue weighted by molar-refractivity contribution is 7.96. The first-order chi connectivity index (χ1) is 4.31. The average molecular weight is 227 g/mol. The van der Waals surface area contributed by atoms with Gasteiger partial charge in [-0.2, -0.15) is 0 Å². The summed E-state index contributed by atoms with van der Waals surface area (Å²) >= 11 is 0. The molecule has 1 unspecified atom stereocenters. The monoisotopic (exact) mass is 226 g/mol. The summed E-state index contributed by atoms with van der Waals surface area (Å²) in [5.41, 5.74) is 0. The van der Waals surface area contributed by atoms with E-state index in [4.69, 9.17) is 5.11 Å². The van der Waals surface area contributed by atoms with Gasteiger partial charge in [0.25, 0.3) is 0 Å². The van der Waals surface area contributed by atoms with Gasteiger partial charge in [-0.15, -0.1) is 0 Å².